The summed E-state index contributed by atoms with van der Waals surface area (Å²) in [5, 5.41) is 0. The van der Waals surface area contributed by atoms with Gasteiger partial charge in [0.1, 0.15) is 5.78 Å². The Kier molecular flexibility index (Phi) is 10.3. The van der Waals surface area contributed by atoms with Gasteiger partial charge in [-0.15, -0.1) is 0 Å². The molecule has 0 amide bonds. The Morgan fingerprint density at radius 2 is 1.43 bits per heavy atom. The van der Waals surface area contributed by atoms with E-state index in [4.69, 9.17) is 0 Å². The summed E-state index contributed by atoms with van der Waals surface area (Å²) < 4.78 is 0. The SMILES string of the molecule is CCCCCCCCCCC(C)C(=O)CC(=O)c1ccccc1. The molecule has 1 aromatic carbocycles. The van der Waals surface area contributed by atoms with Crippen LogP contribution in [0.4, 0.5) is 0 Å². The Morgan fingerprint density at radius 3 is 2.04 bits per heavy atom. The van der Waals surface area contributed by atoms with E-state index in [-0.39, 0.29) is 23.9 Å². The van der Waals surface area contributed by atoms with Crippen LogP contribution in [0.15, 0.2) is 30.3 Å². The molecule has 0 radical (unpaired) electrons. The van der Waals surface area contributed by atoms with Gasteiger partial charge in [0.15, 0.2) is 5.78 Å². The number of benzene rings is 1. The third-order valence-electron chi connectivity index (χ3n) is 4.47. The number of rotatable bonds is 13. The molecule has 23 heavy (non-hydrogen) atoms. The minimum Gasteiger partial charge on any atom is -0.299 e. The third kappa shape index (κ3) is 8.68. The van der Waals surface area contributed by atoms with E-state index < -0.39 is 0 Å². The van der Waals surface area contributed by atoms with Crippen molar-refractivity contribution in [3.05, 3.63) is 35.9 Å². The number of carbonyl (C=O) groups excluding carboxylic acids is 2. The van der Waals surface area contributed by atoms with Crippen molar-refractivity contribution in [3.8, 4) is 0 Å². The zero-order chi connectivity index (χ0) is 16.9. The van der Waals surface area contributed by atoms with Crippen LogP contribution in [0.2, 0.25) is 0 Å². The number of Topliss-reactive ketones (excluding diaryl/α,β-unsaturated/α-hetero) is 2. The van der Waals surface area contributed by atoms with E-state index >= 15 is 0 Å². The van der Waals surface area contributed by atoms with E-state index in [1.54, 1.807) is 12.1 Å². The molecule has 1 aromatic rings. The molecule has 1 unspecified atom stereocenters. The average molecular weight is 316 g/mol. The number of carbonyl (C=O) groups is 2. The second-order valence-corrected chi connectivity index (χ2v) is 6.60. The summed E-state index contributed by atoms with van der Waals surface area (Å²) in [4.78, 5) is 24.2. The van der Waals surface area contributed by atoms with Crippen molar-refractivity contribution in [1.82, 2.24) is 0 Å². The molecule has 0 aromatic heterocycles. The van der Waals surface area contributed by atoms with Crippen LogP contribution in [0.5, 0.6) is 0 Å². The highest BCUT2D eigenvalue weighted by Crippen LogP contribution is 2.16. The third-order valence-corrected chi connectivity index (χ3v) is 4.47. The first-order chi connectivity index (χ1) is 11.1. The van der Waals surface area contributed by atoms with Crippen LogP contribution < -0.4 is 0 Å². The van der Waals surface area contributed by atoms with Gasteiger partial charge in [0.05, 0.1) is 6.42 Å². The highest BCUT2D eigenvalue weighted by molar-refractivity contribution is 6.08. The van der Waals surface area contributed by atoms with Gasteiger partial charge in [-0.3, -0.25) is 9.59 Å². The van der Waals surface area contributed by atoms with Gasteiger partial charge in [-0.25, -0.2) is 0 Å². The first-order valence-electron chi connectivity index (χ1n) is 9.26. The highest BCUT2D eigenvalue weighted by Gasteiger charge is 2.17. The topological polar surface area (TPSA) is 34.1 Å². The maximum Gasteiger partial charge on any atom is 0.170 e. The lowest BCUT2D eigenvalue weighted by molar-refractivity contribution is -0.121. The van der Waals surface area contributed by atoms with Crippen molar-refractivity contribution >= 4 is 11.6 Å². The fraction of sp³-hybridized carbons (Fsp3) is 0.619. The Labute approximate surface area is 141 Å². The normalized spacial score (nSPS) is 12.1. The predicted molar refractivity (Wildman–Crippen MR) is 96.8 cm³/mol. The predicted octanol–water partition coefficient (Wildman–Crippen LogP) is 6.00. The molecule has 0 N–H and O–H groups in total. The smallest absolute Gasteiger partial charge is 0.170 e. The van der Waals surface area contributed by atoms with Gasteiger partial charge in [0.2, 0.25) is 0 Å². The van der Waals surface area contributed by atoms with Crippen LogP contribution in [0.3, 0.4) is 0 Å². The summed E-state index contributed by atoms with van der Waals surface area (Å²) >= 11 is 0. The Morgan fingerprint density at radius 1 is 0.870 bits per heavy atom. The molecule has 128 valence electrons. The summed E-state index contributed by atoms with van der Waals surface area (Å²) in [5.41, 5.74) is 0.639. The molecule has 0 aliphatic carbocycles. The highest BCUT2D eigenvalue weighted by atomic mass is 16.1. The average Bonchev–Trinajstić information content (AvgIpc) is 2.57. The monoisotopic (exact) mass is 316 g/mol. The maximum atomic E-state index is 12.1. The molecule has 1 atom stereocenters. The van der Waals surface area contributed by atoms with E-state index in [9.17, 15) is 9.59 Å². The lowest BCUT2D eigenvalue weighted by Gasteiger charge is -2.10. The minimum absolute atomic E-state index is 0.00255. The Balaban J connectivity index is 2.13. The van der Waals surface area contributed by atoms with Crippen molar-refractivity contribution in [3.63, 3.8) is 0 Å². The fourth-order valence-electron chi connectivity index (χ4n) is 2.80. The molecule has 0 bridgehead atoms. The Hall–Kier alpha value is -1.44. The minimum atomic E-state index is -0.0571. The summed E-state index contributed by atoms with van der Waals surface area (Å²) in [6.45, 7) is 4.20. The number of ketones is 2. The molecule has 0 aliphatic heterocycles. The van der Waals surface area contributed by atoms with E-state index in [0.29, 0.717) is 5.56 Å². The molecule has 0 fully saturated rings. The zero-order valence-corrected chi connectivity index (χ0v) is 14.9. The van der Waals surface area contributed by atoms with Crippen LogP contribution in [-0.4, -0.2) is 11.6 Å². The standard InChI is InChI=1S/C21H32O2/c1-3-4-5-6-7-8-9-11-14-18(2)20(22)17-21(23)19-15-12-10-13-16-19/h10,12-13,15-16,18H,3-9,11,14,17H2,1-2H3. The summed E-state index contributed by atoms with van der Waals surface area (Å²) in [5.74, 6) is 0.0305. The van der Waals surface area contributed by atoms with Crippen LogP contribution in [-0.2, 0) is 4.79 Å². The van der Waals surface area contributed by atoms with E-state index in [2.05, 4.69) is 6.92 Å². The second-order valence-electron chi connectivity index (χ2n) is 6.60. The van der Waals surface area contributed by atoms with Crippen LogP contribution >= 0.6 is 0 Å². The Bertz CT molecular complexity index is 450. The lowest BCUT2D eigenvalue weighted by Crippen LogP contribution is -2.15. The van der Waals surface area contributed by atoms with Gasteiger partial charge < -0.3 is 0 Å². The molecule has 0 spiro atoms. The van der Waals surface area contributed by atoms with Crippen molar-refractivity contribution in [2.45, 2.75) is 78.1 Å². The van der Waals surface area contributed by atoms with Crippen LogP contribution in [0.1, 0.15) is 88.4 Å². The lowest BCUT2D eigenvalue weighted by atomic mass is 9.93. The van der Waals surface area contributed by atoms with Crippen molar-refractivity contribution in [2.75, 3.05) is 0 Å². The van der Waals surface area contributed by atoms with Crippen LogP contribution in [0, 0.1) is 5.92 Å². The summed E-state index contributed by atoms with van der Waals surface area (Å²) in [6.07, 6.45) is 11.2. The van der Waals surface area contributed by atoms with Crippen molar-refractivity contribution < 1.29 is 9.59 Å². The second kappa shape index (κ2) is 12.0. The first kappa shape index (κ1) is 19.6. The first-order valence-corrected chi connectivity index (χ1v) is 9.26. The quantitative estimate of drug-likeness (QED) is 0.254. The molecule has 0 saturated carbocycles. The van der Waals surface area contributed by atoms with E-state index in [1.165, 1.54) is 44.9 Å². The summed E-state index contributed by atoms with van der Waals surface area (Å²) in [6, 6.07) is 9.10. The fourth-order valence-corrected chi connectivity index (χ4v) is 2.80. The largest absolute Gasteiger partial charge is 0.299 e. The molecule has 2 nitrogen and oxygen atoms in total. The van der Waals surface area contributed by atoms with Gasteiger partial charge >= 0.3 is 0 Å². The van der Waals surface area contributed by atoms with Crippen molar-refractivity contribution in [1.29, 1.82) is 0 Å². The van der Waals surface area contributed by atoms with Gasteiger partial charge in [-0.05, 0) is 6.42 Å². The molecule has 0 saturated heterocycles. The molecule has 0 heterocycles. The van der Waals surface area contributed by atoms with Crippen molar-refractivity contribution in [2.24, 2.45) is 5.92 Å². The van der Waals surface area contributed by atoms with Crippen LogP contribution in [0.25, 0.3) is 0 Å². The summed E-state index contributed by atoms with van der Waals surface area (Å²) in [7, 11) is 0. The van der Waals surface area contributed by atoms with Gasteiger partial charge in [0, 0.05) is 11.5 Å². The van der Waals surface area contributed by atoms with Gasteiger partial charge in [0.25, 0.3) is 0 Å². The number of unbranched alkanes of at least 4 members (excludes halogenated alkanes) is 7. The molecule has 2 heteroatoms. The maximum absolute atomic E-state index is 12.1. The zero-order valence-electron chi connectivity index (χ0n) is 14.9. The van der Waals surface area contributed by atoms with E-state index in [1.807, 2.05) is 25.1 Å². The number of hydrogen-bond donors (Lipinski definition) is 0. The number of hydrogen-bond acceptors (Lipinski definition) is 2. The molecular formula is C21H32O2. The molecule has 1 rings (SSSR count). The van der Waals surface area contributed by atoms with Gasteiger partial charge in [-0.2, -0.15) is 0 Å². The molecule has 0 aliphatic rings. The van der Waals surface area contributed by atoms with Gasteiger partial charge in [-0.1, -0.05) is 95.5 Å². The van der Waals surface area contributed by atoms with E-state index in [0.717, 1.165) is 12.8 Å². The molecular weight excluding hydrogens is 284 g/mol.